The zero-order valence-corrected chi connectivity index (χ0v) is 12.4. The second-order valence-electron chi connectivity index (χ2n) is 5.11. The first-order valence-corrected chi connectivity index (χ1v) is 7.27. The molecule has 2 amide bonds. The molecule has 0 atom stereocenters. The van der Waals surface area contributed by atoms with Crippen LogP contribution in [-0.4, -0.2) is 43.0 Å². The van der Waals surface area contributed by atoms with E-state index in [9.17, 15) is 22.8 Å². The van der Waals surface area contributed by atoms with Crippen LogP contribution in [0.2, 0.25) is 0 Å². The molecule has 0 aliphatic carbocycles. The molecule has 0 saturated carbocycles. The Morgan fingerprint density at radius 3 is 2.61 bits per heavy atom. The number of hydrogen-bond acceptors (Lipinski definition) is 3. The van der Waals surface area contributed by atoms with E-state index in [1.165, 1.54) is 0 Å². The first-order chi connectivity index (χ1) is 11.0. The van der Waals surface area contributed by atoms with Gasteiger partial charge in [0.05, 0.1) is 5.56 Å². The summed E-state index contributed by atoms with van der Waals surface area (Å²) in [6.45, 7) is -1.66. The fourth-order valence-electron chi connectivity index (χ4n) is 2.38. The molecule has 0 spiro atoms. The molecular formula is C15H17F3N2O3. The second kappa shape index (κ2) is 7.85. The van der Waals surface area contributed by atoms with Crippen LogP contribution in [0.4, 0.5) is 13.2 Å². The van der Waals surface area contributed by atoms with Gasteiger partial charge in [0.1, 0.15) is 11.6 Å². The Balaban J connectivity index is 1.91. The SMILES string of the molecule is O=C(NCCC(=O)N1CCCC1)c1ccc(F)cc1OC(F)F. The van der Waals surface area contributed by atoms with E-state index in [1.54, 1.807) is 4.90 Å². The molecule has 1 fully saturated rings. The maximum Gasteiger partial charge on any atom is 0.387 e. The van der Waals surface area contributed by atoms with E-state index in [0.29, 0.717) is 0 Å². The minimum absolute atomic E-state index is 0.0639. The summed E-state index contributed by atoms with van der Waals surface area (Å²) in [6, 6.07) is 2.75. The van der Waals surface area contributed by atoms with Crippen LogP contribution < -0.4 is 10.1 Å². The van der Waals surface area contributed by atoms with Gasteiger partial charge in [0.15, 0.2) is 0 Å². The number of carbonyl (C=O) groups excluding carboxylic acids is 2. The van der Waals surface area contributed by atoms with E-state index >= 15 is 0 Å². The zero-order chi connectivity index (χ0) is 16.8. The lowest BCUT2D eigenvalue weighted by molar-refractivity contribution is -0.129. The van der Waals surface area contributed by atoms with E-state index in [-0.39, 0.29) is 24.4 Å². The van der Waals surface area contributed by atoms with E-state index in [1.807, 2.05) is 0 Å². The molecule has 126 valence electrons. The van der Waals surface area contributed by atoms with Crippen LogP contribution in [0.3, 0.4) is 0 Å². The van der Waals surface area contributed by atoms with Gasteiger partial charge in [0, 0.05) is 32.1 Å². The summed E-state index contributed by atoms with van der Waals surface area (Å²) in [5, 5.41) is 2.45. The predicted molar refractivity (Wildman–Crippen MR) is 75.8 cm³/mol. The largest absolute Gasteiger partial charge is 0.434 e. The summed E-state index contributed by atoms with van der Waals surface area (Å²) in [4.78, 5) is 25.5. The lowest BCUT2D eigenvalue weighted by atomic mass is 10.2. The molecule has 1 saturated heterocycles. The number of halogens is 3. The van der Waals surface area contributed by atoms with Crippen molar-refractivity contribution in [2.24, 2.45) is 0 Å². The third-order valence-electron chi connectivity index (χ3n) is 3.49. The molecule has 2 rings (SSSR count). The Hall–Kier alpha value is -2.25. The van der Waals surface area contributed by atoms with Gasteiger partial charge in [-0.15, -0.1) is 0 Å². The third-order valence-corrected chi connectivity index (χ3v) is 3.49. The molecule has 23 heavy (non-hydrogen) atoms. The third kappa shape index (κ3) is 4.87. The number of rotatable bonds is 6. The first-order valence-electron chi connectivity index (χ1n) is 7.27. The number of likely N-dealkylation sites (tertiary alicyclic amines) is 1. The number of alkyl halides is 2. The molecule has 0 unspecified atom stereocenters. The van der Waals surface area contributed by atoms with Gasteiger partial charge in [0.25, 0.3) is 5.91 Å². The van der Waals surface area contributed by atoms with Gasteiger partial charge in [-0.05, 0) is 25.0 Å². The summed E-state index contributed by atoms with van der Waals surface area (Å²) >= 11 is 0. The summed E-state index contributed by atoms with van der Waals surface area (Å²) in [5.74, 6) is -2.09. The lowest BCUT2D eigenvalue weighted by Gasteiger charge is -2.15. The number of carbonyl (C=O) groups is 2. The van der Waals surface area contributed by atoms with Crippen LogP contribution in [0.5, 0.6) is 5.75 Å². The average Bonchev–Trinajstić information content (AvgIpc) is 3.00. The van der Waals surface area contributed by atoms with Gasteiger partial charge in [-0.3, -0.25) is 9.59 Å². The number of amides is 2. The average molecular weight is 330 g/mol. The Morgan fingerprint density at radius 1 is 1.26 bits per heavy atom. The van der Waals surface area contributed by atoms with Gasteiger partial charge in [-0.1, -0.05) is 0 Å². The predicted octanol–water partition coefficient (Wildman–Crippen LogP) is 2.17. The summed E-state index contributed by atoms with van der Waals surface area (Å²) in [7, 11) is 0. The fourth-order valence-corrected chi connectivity index (χ4v) is 2.38. The van der Waals surface area contributed by atoms with Gasteiger partial charge in [-0.25, -0.2) is 4.39 Å². The summed E-state index contributed by atoms with van der Waals surface area (Å²) < 4.78 is 41.8. The monoisotopic (exact) mass is 330 g/mol. The number of ether oxygens (including phenoxy) is 1. The number of benzene rings is 1. The van der Waals surface area contributed by atoms with Crippen molar-refractivity contribution in [1.82, 2.24) is 10.2 Å². The lowest BCUT2D eigenvalue weighted by Crippen LogP contribution is -2.32. The van der Waals surface area contributed by atoms with Crippen molar-refractivity contribution in [3.8, 4) is 5.75 Å². The molecule has 1 heterocycles. The van der Waals surface area contributed by atoms with Crippen LogP contribution in [-0.2, 0) is 4.79 Å². The van der Waals surface area contributed by atoms with Gasteiger partial charge in [-0.2, -0.15) is 8.78 Å². The summed E-state index contributed by atoms with van der Waals surface area (Å²) in [6.07, 6.45) is 2.07. The highest BCUT2D eigenvalue weighted by atomic mass is 19.3. The fraction of sp³-hybridized carbons (Fsp3) is 0.467. The molecule has 0 bridgehead atoms. The molecule has 0 aromatic heterocycles. The first kappa shape index (κ1) is 17.1. The zero-order valence-electron chi connectivity index (χ0n) is 12.4. The van der Waals surface area contributed by atoms with Crippen molar-refractivity contribution in [3.05, 3.63) is 29.6 Å². The van der Waals surface area contributed by atoms with Crippen LogP contribution in [0.1, 0.15) is 29.6 Å². The van der Waals surface area contributed by atoms with Crippen molar-refractivity contribution in [1.29, 1.82) is 0 Å². The van der Waals surface area contributed by atoms with Crippen molar-refractivity contribution >= 4 is 11.8 Å². The molecule has 1 aromatic rings. The minimum atomic E-state index is -3.17. The molecule has 5 nitrogen and oxygen atoms in total. The molecule has 8 heteroatoms. The quantitative estimate of drug-likeness (QED) is 0.870. The van der Waals surface area contributed by atoms with Crippen molar-refractivity contribution in [2.45, 2.75) is 25.9 Å². The Kier molecular flexibility index (Phi) is 5.84. The standard InChI is InChI=1S/C15H17F3N2O3/c16-10-3-4-11(12(9-10)23-15(17)18)14(22)19-6-5-13(21)20-7-1-2-8-20/h3-4,9,15H,1-2,5-8H2,(H,19,22). The maximum atomic E-state index is 13.1. The van der Waals surface area contributed by atoms with Gasteiger partial charge in [0.2, 0.25) is 5.91 Å². The number of hydrogen-bond donors (Lipinski definition) is 1. The van der Waals surface area contributed by atoms with Crippen molar-refractivity contribution < 1.29 is 27.5 Å². The van der Waals surface area contributed by atoms with E-state index in [0.717, 1.165) is 44.1 Å². The van der Waals surface area contributed by atoms with Gasteiger partial charge >= 0.3 is 6.61 Å². The Morgan fingerprint density at radius 2 is 1.96 bits per heavy atom. The highest BCUT2D eigenvalue weighted by Gasteiger charge is 2.19. The van der Waals surface area contributed by atoms with E-state index in [2.05, 4.69) is 10.1 Å². The Labute approximate surface area is 131 Å². The van der Waals surface area contributed by atoms with Crippen LogP contribution in [0.25, 0.3) is 0 Å². The number of nitrogens with zero attached hydrogens (tertiary/aromatic N) is 1. The van der Waals surface area contributed by atoms with Crippen LogP contribution in [0, 0.1) is 5.82 Å². The van der Waals surface area contributed by atoms with E-state index < -0.39 is 24.1 Å². The minimum Gasteiger partial charge on any atom is -0.434 e. The highest BCUT2D eigenvalue weighted by Crippen LogP contribution is 2.22. The maximum absolute atomic E-state index is 13.1. The Bertz CT molecular complexity index is 575. The van der Waals surface area contributed by atoms with Crippen LogP contribution >= 0.6 is 0 Å². The molecular weight excluding hydrogens is 313 g/mol. The van der Waals surface area contributed by atoms with Gasteiger partial charge < -0.3 is 15.0 Å². The molecule has 1 aliphatic heterocycles. The van der Waals surface area contributed by atoms with Crippen molar-refractivity contribution in [2.75, 3.05) is 19.6 Å². The topological polar surface area (TPSA) is 58.6 Å². The molecule has 1 aromatic carbocycles. The molecule has 1 N–H and O–H groups in total. The normalized spacial score (nSPS) is 14.2. The smallest absolute Gasteiger partial charge is 0.387 e. The van der Waals surface area contributed by atoms with E-state index in [4.69, 9.17) is 0 Å². The summed E-state index contributed by atoms with van der Waals surface area (Å²) in [5.41, 5.74) is -0.208. The molecule has 0 radical (unpaired) electrons. The second-order valence-corrected chi connectivity index (χ2v) is 5.11. The van der Waals surface area contributed by atoms with Crippen molar-refractivity contribution in [3.63, 3.8) is 0 Å². The molecule has 1 aliphatic rings. The van der Waals surface area contributed by atoms with Crippen LogP contribution in [0.15, 0.2) is 18.2 Å². The number of nitrogens with one attached hydrogen (secondary N) is 1. The highest BCUT2D eigenvalue weighted by molar-refractivity contribution is 5.97.